The first kappa shape index (κ1) is 20.1. The van der Waals surface area contributed by atoms with Crippen LogP contribution in [0, 0.1) is 5.82 Å². The summed E-state index contributed by atoms with van der Waals surface area (Å²) in [5, 5.41) is 12.1. The standard InChI is InChI=1S/C22H20FNO5/c1-12(8-21(25)24-13(2)22(26)27)16-9-17-18(14-4-6-15(23)7-5-14)11-29-20(17)10-19(16)28-3/h4-11,13H,1-3H3,(H,24,25)(H,26,27)/b12-8+. The molecule has 150 valence electrons. The number of hydrogen-bond donors (Lipinski definition) is 2. The van der Waals surface area contributed by atoms with Gasteiger partial charge in [0.1, 0.15) is 23.2 Å². The number of aliphatic carboxylic acids is 1. The average Bonchev–Trinajstić information content (AvgIpc) is 3.10. The molecule has 0 aliphatic heterocycles. The molecule has 1 aromatic heterocycles. The van der Waals surface area contributed by atoms with Crippen LogP contribution in [-0.2, 0) is 9.59 Å². The van der Waals surface area contributed by atoms with Crippen molar-refractivity contribution in [3.05, 3.63) is 60.1 Å². The van der Waals surface area contributed by atoms with Gasteiger partial charge >= 0.3 is 5.97 Å². The quantitative estimate of drug-likeness (QED) is 0.608. The number of ether oxygens (including phenoxy) is 1. The summed E-state index contributed by atoms with van der Waals surface area (Å²) in [6, 6.07) is 8.60. The normalized spacial score (nSPS) is 12.6. The summed E-state index contributed by atoms with van der Waals surface area (Å²) in [4.78, 5) is 23.0. The van der Waals surface area contributed by atoms with Crippen molar-refractivity contribution >= 4 is 28.4 Å². The number of fused-ring (bicyclic) bond motifs is 1. The average molecular weight is 397 g/mol. The van der Waals surface area contributed by atoms with Gasteiger partial charge in [0, 0.05) is 28.7 Å². The molecule has 6 nitrogen and oxygen atoms in total. The summed E-state index contributed by atoms with van der Waals surface area (Å²) in [5.74, 6) is -1.47. The number of benzene rings is 2. The largest absolute Gasteiger partial charge is 0.496 e. The second kappa shape index (κ2) is 8.18. The van der Waals surface area contributed by atoms with Gasteiger partial charge in [-0.15, -0.1) is 0 Å². The number of carboxylic acid groups (broad SMARTS) is 1. The van der Waals surface area contributed by atoms with Crippen molar-refractivity contribution in [1.29, 1.82) is 0 Å². The predicted octanol–water partition coefficient (Wildman–Crippen LogP) is 4.24. The summed E-state index contributed by atoms with van der Waals surface area (Å²) in [6.07, 6.45) is 2.90. The van der Waals surface area contributed by atoms with Crippen molar-refractivity contribution < 1.29 is 28.2 Å². The second-order valence-electron chi connectivity index (χ2n) is 6.60. The number of rotatable bonds is 6. The van der Waals surface area contributed by atoms with Gasteiger partial charge in [-0.1, -0.05) is 12.1 Å². The van der Waals surface area contributed by atoms with Crippen LogP contribution in [0.3, 0.4) is 0 Å². The molecule has 2 aromatic carbocycles. The fourth-order valence-corrected chi connectivity index (χ4v) is 2.98. The van der Waals surface area contributed by atoms with Crippen molar-refractivity contribution in [3.8, 4) is 16.9 Å². The molecule has 0 bridgehead atoms. The first-order chi connectivity index (χ1) is 13.8. The van der Waals surface area contributed by atoms with E-state index in [1.807, 2.05) is 6.07 Å². The Morgan fingerprint density at radius 1 is 1.24 bits per heavy atom. The molecule has 0 fully saturated rings. The van der Waals surface area contributed by atoms with Crippen molar-refractivity contribution in [2.75, 3.05) is 7.11 Å². The number of amides is 1. The predicted molar refractivity (Wildman–Crippen MR) is 107 cm³/mol. The highest BCUT2D eigenvalue weighted by atomic mass is 19.1. The summed E-state index contributed by atoms with van der Waals surface area (Å²) in [7, 11) is 1.51. The zero-order valence-electron chi connectivity index (χ0n) is 16.2. The molecule has 1 atom stereocenters. The minimum atomic E-state index is -1.12. The third-order valence-corrected chi connectivity index (χ3v) is 4.55. The van der Waals surface area contributed by atoms with Gasteiger partial charge in [0.05, 0.1) is 13.4 Å². The highest BCUT2D eigenvalue weighted by molar-refractivity contribution is 6.01. The van der Waals surface area contributed by atoms with Gasteiger partial charge < -0.3 is 19.6 Å². The molecule has 0 aliphatic rings. The number of carbonyl (C=O) groups is 2. The molecule has 0 saturated carbocycles. The van der Waals surface area contributed by atoms with E-state index in [1.54, 1.807) is 31.4 Å². The maximum Gasteiger partial charge on any atom is 0.325 e. The fourth-order valence-electron chi connectivity index (χ4n) is 2.98. The third-order valence-electron chi connectivity index (χ3n) is 4.55. The van der Waals surface area contributed by atoms with Crippen LogP contribution in [0.15, 0.2) is 53.2 Å². The summed E-state index contributed by atoms with van der Waals surface area (Å²) in [6.45, 7) is 3.11. The molecule has 1 unspecified atom stereocenters. The van der Waals surface area contributed by atoms with Gasteiger partial charge in [-0.05, 0) is 43.2 Å². The summed E-state index contributed by atoms with van der Waals surface area (Å²) in [5.41, 5.74) is 3.39. The van der Waals surface area contributed by atoms with Crippen LogP contribution in [0.4, 0.5) is 4.39 Å². The van der Waals surface area contributed by atoms with Crippen molar-refractivity contribution in [2.45, 2.75) is 19.9 Å². The zero-order chi connectivity index (χ0) is 21.1. The molecule has 3 rings (SSSR count). The van der Waals surface area contributed by atoms with E-state index < -0.39 is 17.9 Å². The minimum absolute atomic E-state index is 0.329. The highest BCUT2D eigenvalue weighted by Crippen LogP contribution is 2.37. The lowest BCUT2D eigenvalue weighted by Crippen LogP contribution is -2.37. The van der Waals surface area contributed by atoms with Gasteiger partial charge in [0.2, 0.25) is 5.91 Å². The molecule has 0 radical (unpaired) electrons. The van der Waals surface area contributed by atoms with Gasteiger partial charge in [-0.25, -0.2) is 4.39 Å². The molecule has 0 saturated heterocycles. The van der Waals surface area contributed by atoms with Crippen molar-refractivity contribution in [3.63, 3.8) is 0 Å². The number of hydrogen-bond acceptors (Lipinski definition) is 4. The molecule has 2 N–H and O–H groups in total. The fraction of sp³-hybridized carbons (Fsp3) is 0.182. The number of nitrogens with one attached hydrogen (secondary N) is 1. The number of allylic oxidation sites excluding steroid dienone is 1. The molecule has 1 amide bonds. The van der Waals surface area contributed by atoms with Crippen LogP contribution in [0.25, 0.3) is 27.7 Å². The lowest BCUT2D eigenvalue weighted by atomic mass is 9.99. The molecule has 0 aliphatic carbocycles. The molecular formula is C22H20FNO5. The van der Waals surface area contributed by atoms with E-state index in [0.29, 0.717) is 22.5 Å². The Labute approximate surface area is 166 Å². The molecule has 7 heteroatoms. The highest BCUT2D eigenvalue weighted by Gasteiger charge is 2.16. The van der Waals surface area contributed by atoms with E-state index in [9.17, 15) is 14.0 Å². The Hall–Kier alpha value is -3.61. The Bertz CT molecular complexity index is 1100. The number of halogens is 1. The number of furan rings is 1. The van der Waals surface area contributed by atoms with Gasteiger partial charge in [-0.2, -0.15) is 0 Å². The van der Waals surface area contributed by atoms with E-state index in [-0.39, 0.29) is 5.82 Å². The lowest BCUT2D eigenvalue weighted by Gasteiger charge is -2.11. The zero-order valence-corrected chi connectivity index (χ0v) is 16.2. The van der Waals surface area contributed by atoms with E-state index in [0.717, 1.165) is 16.5 Å². The Morgan fingerprint density at radius 2 is 1.93 bits per heavy atom. The van der Waals surface area contributed by atoms with Crippen molar-refractivity contribution in [1.82, 2.24) is 5.32 Å². The first-order valence-electron chi connectivity index (χ1n) is 8.87. The van der Waals surface area contributed by atoms with Crippen LogP contribution >= 0.6 is 0 Å². The molecule has 29 heavy (non-hydrogen) atoms. The minimum Gasteiger partial charge on any atom is -0.496 e. The van der Waals surface area contributed by atoms with Crippen LogP contribution in [-0.4, -0.2) is 30.1 Å². The third kappa shape index (κ3) is 4.29. The van der Waals surface area contributed by atoms with Gasteiger partial charge in [-0.3, -0.25) is 9.59 Å². The topological polar surface area (TPSA) is 88.8 Å². The molecule has 3 aromatic rings. The Morgan fingerprint density at radius 3 is 2.55 bits per heavy atom. The summed E-state index contributed by atoms with van der Waals surface area (Å²) >= 11 is 0. The van der Waals surface area contributed by atoms with Crippen LogP contribution in [0.1, 0.15) is 19.4 Å². The van der Waals surface area contributed by atoms with E-state index in [4.69, 9.17) is 14.3 Å². The number of methoxy groups -OCH3 is 1. The van der Waals surface area contributed by atoms with Crippen LogP contribution in [0.2, 0.25) is 0 Å². The second-order valence-corrected chi connectivity index (χ2v) is 6.60. The smallest absolute Gasteiger partial charge is 0.325 e. The van der Waals surface area contributed by atoms with E-state index >= 15 is 0 Å². The lowest BCUT2D eigenvalue weighted by molar-refractivity contribution is -0.140. The maximum atomic E-state index is 13.3. The Balaban J connectivity index is 2.03. The number of carboxylic acids is 1. The van der Waals surface area contributed by atoms with Crippen LogP contribution < -0.4 is 10.1 Å². The monoisotopic (exact) mass is 397 g/mol. The van der Waals surface area contributed by atoms with Gasteiger partial charge in [0.25, 0.3) is 0 Å². The number of carbonyl (C=O) groups excluding carboxylic acids is 1. The van der Waals surface area contributed by atoms with Crippen LogP contribution in [0.5, 0.6) is 5.75 Å². The Kier molecular flexibility index (Phi) is 5.68. The molecular weight excluding hydrogens is 377 g/mol. The molecule has 1 heterocycles. The van der Waals surface area contributed by atoms with Crippen molar-refractivity contribution in [2.24, 2.45) is 0 Å². The maximum absolute atomic E-state index is 13.3. The molecule has 0 spiro atoms. The van der Waals surface area contributed by atoms with E-state index in [1.165, 1.54) is 32.2 Å². The van der Waals surface area contributed by atoms with Gasteiger partial charge in [0.15, 0.2) is 0 Å². The summed E-state index contributed by atoms with van der Waals surface area (Å²) < 4.78 is 24.3. The first-order valence-corrected chi connectivity index (χ1v) is 8.87. The SMILES string of the molecule is COc1cc2occ(-c3ccc(F)cc3)c2cc1/C(C)=C/C(=O)NC(C)C(=O)O. The van der Waals surface area contributed by atoms with E-state index in [2.05, 4.69) is 5.32 Å².